The highest BCUT2D eigenvalue weighted by Gasteiger charge is 2.21. The quantitative estimate of drug-likeness (QED) is 0.142. The summed E-state index contributed by atoms with van der Waals surface area (Å²) < 4.78 is 8.99. The van der Waals surface area contributed by atoms with Gasteiger partial charge in [0.2, 0.25) is 0 Å². The Hall–Kier alpha value is -7.94. The van der Waals surface area contributed by atoms with Gasteiger partial charge in [-0.15, -0.1) is 0 Å². The molecule has 298 valence electrons. The zero-order valence-corrected chi connectivity index (χ0v) is 34.8. The molecule has 12 rings (SSSR count). The molecule has 63 heavy (non-hydrogen) atoms. The highest BCUT2D eigenvalue weighted by molar-refractivity contribution is 6.10. The molecule has 1 unspecified atom stereocenters. The van der Waals surface area contributed by atoms with Crippen molar-refractivity contribution in [1.29, 1.82) is 0 Å². The van der Waals surface area contributed by atoms with E-state index in [1.807, 2.05) is 0 Å². The number of furan rings is 1. The lowest BCUT2D eigenvalue weighted by Gasteiger charge is -2.19. The molecule has 0 aliphatic rings. The topological polar surface area (TPSA) is 18.1 Å². The molecule has 0 aliphatic carbocycles. The zero-order valence-electron chi connectivity index (χ0n) is 34.8. The van der Waals surface area contributed by atoms with E-state index >= 15 is 0 Å². The molecule has 0 amide bonds. The van der Waals surface area contributed by atoms with E-state index in [4.69, 9.17) is 4.42 Å². The second-order valence-electron chi connectivity index (χ2n) is 16.8. The summed E-state index contributed by atoms with van der Waals surface area (Å²) in [7, 11) is 0. The molecule has 0 saturated heterocycles. The van der Waals surface area contributed by atoms with E-state index in [2.05, 4.69) is 235 Å². The van der Waals surface area contributed by atoms with Gasteiger partial charge in [-0.25, -0.2) is 0 Å². The SMILES string of the molecule is c1ccc(-n2c3ccccc3c3cc(-c4ccc(-c5ccc(CCC(c6ccc(-c7ccc8ccccc8c7)cc6)c6cccc7c6oc6ccccc67)cc5)cc4)ccc32)cc1. The van der Waals surface area contributed by atoms with Crippen LogP contribution in [-0.2, 0) is 6.42 Å². The highest BCUT2D eigenvalue weighted by atomic mass is 16.3. The fourth-order valence-electron chi connectivity index (χ4n) is 9.86. The third-order valence-corrected chi connectivity index (χ3v) is 13.1. The van der Waals surface area contributed by atoms with Crippen molar-refractivity contribution < 1.29 is 4.42 Å². The van der Waals surface area contributed by atoms with E-state index < -0.39 is 0 Å². The fraction of sp³-hybridized carbons (Fsp3) is 0.0492. The Bertz CT molecular complexity index is 3590. The minimum absolute atomic E-state index is 0.154. The van der Waals surface area contributed by atoms with Crippen LogP contribution in [-0.4, -0.2) is 4.57 Å². The first kappa shape index (κ1) is 36.9. The molecular formula is C61H43NO. The maximum atomic E-state index is 6.63. The summed E-state index contributed by atoms with van der Waals surface area (Å²) in [4.78, 5) is 0. The van der Waals surface area contributed by atoms with Crippen molar-refractivity contribution in [2.24, 2.45) is 0 Å². The van der Waals surface area contributed by atoms with Gasteiger partial charge in [-0.3, -0.25) is 0 Å². The number of aryl methyl sites for hydroxylation is 1. The summed E-state index contributed by atoms with van der Waals surface area (Å²) in [6.45, 7) is 0. The van der Waals surface area contributed by atoms with Gasteiger partial charge in [-0.2, -0.15) is 0 Å². The van der Waals surface area contributed by atoms with Gasteiger partial charge in [-0.1, -0.05) is 188 Å². The molecular weight excluding hydrogens is 763 g/mol. The monoisotopic (exact) mass is 805 g/mol. The van der Waals surface area contributed by atoms with Gasteiger partial charge in [0, 0.05) is 38.7 Å². The Balaban J connectivity index is 0.817. The van der Waals surface area contributed by atoms with Gasteiger partial charge in [0.1, 0.15) is 11.2 Å². The predicted molar refractivity (Wildman–Crippen MR) is 265 cm³/mol. The summed E-state index contributed by atoms with van der Waals surface area (Å²) in [5.41, 5.74) is 16.7. The lowest BCUT2D eigenvalue weighted by Crippen LogP contribution is -2.04. The van der Waals surface area contributed by atoms with Crippen molar-refractivity contribution >= 4 is 54.5 Å². The minimum Gasteiger partial charge on any atom is -0.456 e. The number of para-hydroxylation sites is 4. The van der Waals surface area contributed by atoms with Gasteiger partial charge in [0.25, 0.3) is 0 Å². The third-order valence-electron chi connectivity index (χ3n) is 13.1. The maximum absolute atomic E-state index is 6.63. The molecule has 1 atom stereocenters. The predicted octanol–water partition coefficient (Wildman–Crippen LogP) is 16.6. The first-order valence-electron chi connectivity index (χ1n) is 22.0. The summed E-state index contributed by atoms with van der Waals surface area (Å²) in [5.74, 6) is 0.154. The van der Waals surface area contributed by atoms with Crippen LogP contribution in [0.3, 0.4) is 0 Å². The number of benzene rings is 10. The van der Waals surface area contributed by atoms with Crippen molar-refractivity contribution in [3.63, 3.8) is 0 Å². The van der Waals surface area contributed by atoms with Gasteiger partial charge in [0.05, 0.1) is 11.0 Å². The fourth-order valence-corrected chi connectivity index (χ4v) is 9.86. The van der Waals surface area contributed by atoms with Gasteiger partial charge >= 0.3 is 0 Å². The largest absolute Gasteiger partial charge is 0.456 e. The molecule has 0 N–H and O–H groups in total. The van der Waals surface area contributed by atoms with Gasteiger partial charge < -0.3 is 8.98 Å². The number of fused-ring (bicyclic) bond motifs is 7. The number of hydrogen-bond acceptors (Lipinski definition) is 1. The summed E-state index contributed by atoms with van der Waals surface area (Å²) >= 11 is 0. The number of rotatable bonds is 9. The van der Waals surface area contributed by atoms with Crippen molar-refractivity contribution in [1.82, 2.24) is 4.57 Å². The molecule has 2 heteroatoms. The molecule has 0 saturated carbocycles. The van der Waals surface area contributed by atoms with Crippen LogP contribution in [0.5, 0.6) is 0 Å². The van der Waals surface area contributed by atoms with E-state index in [0.717, 1.165) is 29.4 Å². The summed E-state index contributed by atoms with van der Waals surface area (Å²) in [5, 5.41) is 7.39. The molecule has 0 fully saturated rings. The average molecular weight is 806 g/mol. The minimum atomic E-state index is 0.154. The first-order chi connectivity index (χ1) is 31.2. The molecule has 2 heterocycles. The zero-order chi connectivity index (χ0) is 41.7. The van der Waals surface area contributed by atoms with Crippen molar-refractivity contribution in [3.05, 3.63) is 247 Å². The van der Waals surface area contributed by atoms with E-state index in [9.17, 15) is 0 Å². The number of aromatic nitrogens is 1. The Morgan fingerprint density at radius 1 is 0.381 bits per heavy atom. The van der Waals surface area contributed by atoms with Crippen LogP contribution in [0.2, 0.25) is 0 Å². The van der Waals surface area contributed by atoms with Crippen LogP contribution in [0.25, 0.3) is 93.6 Å². The maximum Gasteiger partial charge on any atom is 0.139 e. The molecule has 2 aromatic heterocycles. The molecule has 0 spiro atoms. The lowest BCUT2D eigenvalue weighted by atomic mass is 9.84. The van der Waals surface area contributed by atoms with Crippen LogP contribution in [0.4, 0.5) is 0 Å². The van der Waals surface area contributed by atoms with Crippen LogP contribution < -0.4 is 0 Å². The van der Waals surface area contributed by atoms with Crippen LogP contribution in [0.1, 0.15) is 29.0 Å². The number of hydrogen-bond donors (Lipinski definition) is 0. The Labute approximate surface area is 366 Å². The average Bonchev–Trinajstić information content (AvgIpc) is 3.91. The third kappa shape index (κ3) is 6.68. The Morgan fingerprint density at radius 3 is 1.75 bits per heavy atom. The van der Waals surface area contributed by atoms with Crippen molar-refractivity contribution in [3.8, 4) is 39.1 Å². The molecule has 0 radical (unpaired) electrons. The molecule has 0 bridgehead atoms. The van der Waals surface area contributed by atoms with Crippen molar-refractivity contribution in [2.45, 2.75) is 18.8 Å². The van der Waals surface area contributed by atoms with E-state index in [0.29, 0.717) is 0 Å². The highest BCUT2D eigenvalue weighted by Crippen LogP contribution is 2.40. The van der Waals surface area contributed by atoms with Crippen molar-refractivity contribution in [2.75, 3.05) is 0 Å². The lowest BCUT2D eigenvalue weighted by molar-refractivity contribution is 0.645. The Kier molecular flexibility index (Phi) is 9.08. The normalized spacial score (nSPS) is 12.2. The van der Waals surface area contributed by atoms with Gasteiger partial charge in [0.15, 0.2) is 0 Å². The molecule has 0 aliphatic heterocycles. The number of nitrogens with zero attached hydrogens (tertiary/aromatic N) is 1. The van der Waals surface area contributed by atoms with E-state index in [1.54, 1.807) is 0 Å². The molecule has 12 aromatic rings. The van der Waals surface area contributed by atoms with Crippen LogP contribution in [0, 0.1) is 0 Å². The standard InChI is InChI=1S/C61H43NO/c1-2-13-51(14-3-1)62-58-19-8-6-15-53(58)57-40-50(36-38-59(57)62)46-28-26-44(27-29-46)43-24-21-41(22-25-43)23-37-52(55-17-10-18-56-54-16-7-9-20-60(54)63-61(55)56)47-33-30-45(31-34-47)49-35-32-42-11-4-5-12-48(42)39-49/h1-22,24-36,38-40,52H,23,37H2. The smallest absolute Gasteiger partial charge is 0.139 e. The summed E-state index contributed by atoms with van der Waals surface area (Å²) in [6.07, 6.45) is 1.89. The van der Waals surface area contributed by atoms with Crippen LogP contribution in [0.15, 0.2) is 235 Å². The Morgan fingerprint density at radius 2 is 0.952 bits per heavy atom. The second-order valence-corrected chi connectivity index (χ2v) is 16.8. The van der Waals surface area contributed by atoms with E-state index in [1.165, 1.54) is 93.7 Å². The first-order valence-corrected chi connectivity index (χ1v) is 22.0. The molecule has 10 aromatic carbocycles. The summed E-state index contributed by atoms with van der Waals surface area (Å²) in [6, 6.07) is 84.0. The van der Waals surface area contributed by atoms with Gasteiger partial charge in [-0.05, 0) is 111 Å². The second kappa shape index (κ2) is 15.5. The van der Waals surface area contributed by atoms with Crippen LogP contribution >= 0.6 is 0 Å². The molecule has 2 nitrogen and oxygen atoms in total. The van der Waals surface area contributed by atoms with E-state index in [-0.39, 0.29) is 5.92 Å².